The van der Waals surface area contributed by atoms with Crippen molar-refractivity contribution in [3.63, 3.8) is 0 Å². The van der Waals surface area contributed by atoms with Crippen molar-refractivity contribution in [1.29, 1.82) is 0 Å². The lowest BCUT2D eigenvalue weighted by atomic mass is 10.0. The summed E-state index contributed by atoms with van der Waals surface area (Å²) in [6.45, 7) is 4.00. The minimum atomic E-state index is -3.77. The number of rotatable bonds is 9. The van der Waals surface area contributed by atoms with Gasteiger partial charge in [-0.2, -0.15) is 4.31 Å². The molecule has 1 aliphatic heterocycles. The fraction of sp³-hybridized carbons (Fsp3) is 0.375. The highest BCUT2D eigenvalue weighted by molar-refractivity contribution is 7.89. The minimum absolute atomic E-state index is 0.0442. The normalized spacial score (nSPS) is 16.9. The predicted molar refractivity (Wildman–Crippen MR) is 130 cm³/mol. The van der Waals surface area contributed by atoms with Crippen LogP contribution in [0, 0.1) is 16.0 Å². The highest BCUT2D eigenvalue weighted by Gasteiger charge is 2.30. The summed E-state index contributed by atoms with van der Waals surface area (Å²) in [5.74, 6) is 1.13. The van der Waals surface area contributed by atoms with Gasteiger partial charge >= 0.3 is 0 Å². The quantitative estimate of drug-likeness (QED) is 0.365. The summed E-state index contributed by atoms with van der Waals surface area (Å²) in [5, 5.41) is 14.8. The van der Waals surface area contributed by atoms with Gasteiger partial charge in [0.25, 0.3) is 5.69 Å². The Kier molecular flexibility index (Phi) is 7.28. The van der Waals surface area contributed by atoms with Gasteiger partial charge in [0.1, 0.15) is 11.5 Å². The van der Waals surface area contributed by atoms with E-state index in [4.69, 9.17) is 0 Å². The summed E-state index contributed by atoms with van der Waals surface area (Å²) in [7, 11) is -3.77. The van der Waals surface area contributed by atoms with Crippen LogP contribution in [0.1, 0.15) is 31.2 Å². The van der Waals surface area contributed by atoms with Crippen LogP contribution in [0.3, 0.4) is 0 Å². The van der Waals surface area contributed by atoms with Gasteiger partial charge in [0, 0.05) is 51.1 Å². The summed E-state index contributed by atoms with van der Waals surface area (Å²) >= 11 is 0. The predicted octanol–water partition coefficient (Wildman–Crippen LogP) is 3.91. The number of hydrogen-bond acceptors (Lipinski definition) is 6. The lowest BCUT2D eigenvalue weighted by molar-refractivity contribution is -0.384. The van der Waals surface area contributed by atoms with E-state index in [1.54, 1.807) is 6.20 Å². The molecule has 0 spiro atoms. The highest BCUT2D eigenvalue weighted by Crippen LogP contribution is 2.30. The van der Waals surface area contributed by atoms with Crippen LogP contribution in [0.15, 0.2) is 65.8 Å². The summed E-state index contributed by atoms with van der Waals surface area (Å²) in [6.07, 6.45) is 5.98. The van der Waals surface area contributed by atoms with Gasteiger partial charge in [0.15, 0.2) is 0 Å². The maximum atomic E-state index is 13.0. The smallest absolute Gasteiger partial charge is 0.293 e. The molecule has 1 saturated heterocycles. The molecule has 1 aromatic heterocycles. The summed E-state index contributed by atoms with van der Waals surface area (Å²) in [4.78, 5) is 15.5. The molecule has 0 amide bonds. The van der Waals surface area contributed by atoms with Crippen molar-refractivity contribution in [2.45, 2.75) is 37.6 Å². The van der Waals surface area contributed by atoms with Gasteiger partial charge in [-0.25, -0.2) is 13.4 Å². The van der Waals surface area contributed by atoms with Crippen molar-refractivity contribution in [1.82, 2.24) is 13.9 Å². The van der Waals surface area contributed by atoms with Crippen LogP contribution in [0.4, 0.5) is 11.4 Å². The molecule has 0 radical (unpaired) electrons. The van der Waals surface area contributed by atoms with Gasteiger partial charge in [0.05, 0.1) is 9.82 Å². The number of benzene rings is 2. The third kappa shape index (κ3) is 5.45. The van der Waals surface area contributed by atoms with E-state index in [2.05, 4.69) is 10.3 Å². The first-order chi connectivity index (χ1) is 16.3. The number of nitro groups is 1. The molecule has 1 unspecified atom stereocenters. The Balaban J connectivity index is 1.45. The molecule has 2 heterocycles. The SMILES string of the molecule is CC1CCCN(S(=O)(=O)c2ccc(NCCc3nccn3Cc3ccccc3)c([N+](=O)[O-])c2)C1. The van der Waals surface area contributed by atoms with Gasteiger partial charge in [0.2, 0.25) is 10.0 Å². The van der Waals surface area contributed by atoms with Crippen LogP contribution in [0.25, 0.3) is 0 Å². The van der Waals surface area contributed by atoms with E-state index in [1.807, 2.05) is 48.0 Å². The number of nitro benzene ring substituents is 1. The standard InChI is InChI=1S/C24H29N5O4S/c1-19-6-5-14-28(17-19)34(32,33)21-9-10-22(23(16-21)29(30)31)25-12-11-24-26-13-15-27(24)18-20-7-3-2-4-8-20/h2-4,7-10,13,15-16,19,25H,5-6,11-12,14,17-18H2,1H3. The lowest BCUT2D eigenvalue weighted by Gasteiger charge is -2.30. The van der Waals surface area contributed by atoms with Crippen molar-refractivity contribution in [2.24, 2.45) is 5.92 Å². The average Bonchev–Trinajstić information content (AvgIpc) is 3.26. The molecule has 2 aromatic carbocycles. The highest BCUT2D eigenvalue weighted by atomic mass is 32.2. The van der Waals surface area contributed by atoms with Crippen LogP contribution in [-0.2, 0) is 23.0 Å². The second-order valence-electron chi connectivity index (χ2n) is 8.68. The zero-order valence-corrected chi connectivity index (χ0v) is 19.9. The van der Waals surface area contributed by atoms with Gasteiger partial charge in [-0.15, -0.1) is 0 Å². The average molecular weight is 484 g/mol. The maximum absolute atomic E-state index is 13.0. The lowest BCUT2D eigenvalue weighted by Crippen LogP contribution is -2.39. The first-order valence-electron chi connectivity index (χ1n) is 11.4. The fourth-order valence-electron chi connectivity index (χ4n) is 4.29. The molecule has 1 aliphatic rings. The second-order valence-corrected chi connectivity index (χ2v) is 10.6. The zero-order valence-electron chi connectivity index (χ0n) is 19.1. The first-order valence-corrected chi connectivity index (χ1v) is 12.8. The van der Waals surface area contributed by atoms with Crippen molar-refractivity contribution in [3.05, 3.63) is 82.4 Å². The molecule has 0 aliphatic carbocycles. The van der Waals surface area contributed by atoms with E-state index in [0.717, 1.165) is 30.3 Å². The van der Waals surface area contributed by atoms with E-state index < -0.39 is 14.9 Å². The Hall–Kier alpha value is -3.24. The first kappa shape index (κ1) is 23.9. The van der Waals surface area contributed by atoms with Crippen molar-refractivity contribution in [2.75, 3.05) is 25.0 Å². The van der Waals surface area contributed by atoms with Crippen LogP contribution in [-0.4, -0.2) is 46.8 Å². The molecule has 3 aromatic rings. The number of anilines is 1. The van der Waals surface area contributed by atoms with E-state index in [9.17, 15) is 18.5 Å². The number of hydrogen-bond donors (Lipinski definition) is 1. The number of imidazole rings is 1. The number of nitrogens with zero attached hydrogens (tertiary/aromatic N) is 4. The Morgan fingerprint density at radius 1 is 1.21 bits per heavy atom. The molecule has 10 heteroatoms. The van der Waals surface area contributed by atoms with Crippen LogP contribution in [0.2, 0.25) is 0 Å². The molecule has 0 saturated carbocycles. The van der Waals surface area contributed by atoms with Gasteiger partial charge in [-0.05, 0) is 36.5 Å². The minimum Gasteiger partial charge on any atom is -0.379 e. The third-order valence-electron chi connectivity index (χ3n) is 6.08. The molecule has 1 atom stereocenters. The fourth-order valence-corrected chi connectivity index (χ4v) is 5.91. The monoisotopic (exact) mass is 483 g/mol. The van der Waals surface area contributed by atoms with Crippen LogP contribution >= 0.6 is 0 Å². The topological polar surface area (TPSA) is 110 Å². The summed E-state index contributed by atoms with van der Waals surface area (Å²) in [5.41, 5.74) is 1.20. The number of aromatic nitrogens is 2. The number of sulfonamides is 1. The molecular formula is C24H29N5O4S. The zero-order chi connectivity index (χ0) is 24.1. The van der Waals surface area contributed by atoms with Gasteiger partial charge in [-0.1, -0.05) is 37.3 Å². The van der Waals surface area contributed by atoms with Crippen LogP contribution < -0.4 is 5.32 Å². The second kappa shape index (κ2) is 10.4. The number of piperidine rings is 1. The molecule has 1 N–H and O–H groups in total. The van der Waals surface area contributed by atoms with Crippen molar-refractivity contribution in [3.8, 4) is 0 Å². The van der Waals surface area contributed by atoms with Crippen molar-refractivity contribution < 1.29 is 13.3 Å². The Bertz CT molecular complexity index is 1240. The maximum Gasteiger partial charge on any atom is 0.293 e. The van der Waals surface area contributed by atoms with E-state index in [-0.39, 0.29) is 22.2 Å². The van der Waals surface area contributed by atoms with Crippen LogP contribution in [0.5, 0.6) is 0 Å². The summed E-state index contributed by atoms with van der Waals surface area (Å²) < 4.78 is 29.6. The molecule has 180 valence electrons. The van der Waals surface area contributed by atoms with Crippen molar-refractivity contribution >= 4 is 21.4 Å². The molecule has 0 bridgehead atoms. The van der Waals surface area contributed by atoms with Gasteiger partial charge < -0.3 is 9.88 Å². The Morgan fingerprint density at radius 2 is 2.00 bits per heavy atom. The van der Waals surface area contributed by atoms with E-state index in [1.165, 1.54) is 16.4 Å². The largest absolute Gasteiger partial charge is 0.379 e. The third-order valence-corrected chi connectivity index (χ3v) is 7.95. The molecule has 34 heavy (non-hydrogen) atoms. The summed E-state index contributed by atoms with van der Waals surface area (Å²) in [6, 6.07) is 14.1. The number of nitrogens with one attached hydrogen (secondary N) is 1. The van der Waals surface area contributed by atoms with E-state index in [0.29, 0.717) is 32.6 Å². The molecular weight excluding hydrogens is 454 g/mol. The Morgan fingerprint density at radius 3 is 2.74 bits per heavy atom. The Labute approximate surface area is 199 Å². The molecule has 1 fully saturated rings. The molecule has 9 nitrogen and oxygen atoms in total. The van der Waals surface area contributed by atoms with Gasteiger partial charge in [-0.3, -0.25) is 10.1 Å². The van der Waals surface area contributed by atoms with E-state index >= 15 is 0 Å². The molecule has 4 rings (SSSR count).